The van der Waals surface area contributed by atoms with Crippen LogP contribution in [0.1, 0.15) is 6.92 Å². The third-order valence-electron chi connectivity index (χ3n) is 2.14. The first-order valence-electron chi connectivity index (χ1n) is 4.00. The highest BCUT2D eigenvalue weighted by molar-refractivity contribution is 5.89. The van der Waals surface area contributed by atoms with Gasteiger partial charge < -0.3 is 5.21 Å². The SMILES string of the molecule is CC[N+]1([O-])C=Nc2ccccc21. The van der Waals surface area contributed by atoms with Gasteiger partial charge in [-0.2, -0.15) is 4.99 Å². The number of aliphatic imine (C=N–C) groups is 1. The Balaban J connectivity index is 2.56. The largest absolute Gasteiger partial charge is 0.621 e. The average Bonchev–Trinajstić information content (AvgIpc) is 2.46. The molecule has 1 atom stereocenters. The predicted octanol–water partition coefficient (Wildman–Crippen LogP) is 2.18. The maximum Gasteiger partial charge on any atom is 0.195 e. The van der Waals surface area contributed by atoms with E-state index < -0.39 is 4.65 Å². The zero-order valence-electron chi connectivity index (χ0n) is 6.90. The maximum atomic E-state index is 11.9. The van der Waals surface area contributed by atoms with Crippen molar-refractivity contribution >= 4 is 17.7 Å². The van der Waals surface area contributed by atoms with Crippen LogP contribution in [0.4, 0.5) is 11.4 Å². The van der Waals surface area contributed by atoms with E-state index in [1.165, 1.54) is 6.34 Å². The molecular weight excluding hydrogens is 152 g/mol. The monoisotopic (exact) mass is 162 g/mol. The highest BCUT2D eigenvalue weighted by Gasteiger charge is 2.24. The van der Waals surface area contributed by atoms with E-state index >= 15 is 0 Å². The highest BCUT2D eigenvalue weighted by Crippen LogP contribution is 2.36. The van der Waals surface area contributed by atoms with E-state index in [1.807, 2.05) is 31.2 Å². The Morgan fingerprint density at radius 1 is 1.42 bits per heavy atom. The van der Waals surface area contributed by atoms with Crippen LogP contribution < -0.4 is 4.65 Å². The highest BCUT2D eigenvalue weighted by atomic mass is 16.5. The molecule has 1 aromatic rings. The molecule has 0 amide bonds. The molecule has 3 nitrogen and oxygen atoms in total. The molecule has 1 heterocycles. The maximum absolute atomic E-state index is 11.9. The molecule has 3 heteroatoms. The first-order valence-corrected chi connectivity index (χ1v) is 4.00. The second-order valence-electron chi connectivity index (χ2n) is 2.85. The van der Waals surface area contributed by atoms with Crippen LogP contribution in [0.2, 0.25) is 0 Å². The van der Waals surface area contributed by atoms with Gasteiger partial charge in [0.2, 0.25) is 0 Å². The molecule has 0 aliphatic carbocycles. The first kappa shape index (κ1) is 7.46. The van der Waals surface area contributed by atoms with Gasteiger partial charge in [0, 0.05) is 6.07 Å². The van der Waals surface area contributed by atoms with Gasteiger partial charge in [-0.3, -0.25) is 4.65 Å². The number of fused-ring (bicyclic) bond motifs is 1. The molecule has 12 heavy (non-hydrogen) atoms. The zero-order chi connectivity index (χ0) is 8.60. The lowest BCUT2D eigenvalue weighted by Crippen LogP contribution is -2.38. The standard InChI is InChI=1S/C9H10N2O/c1-2-11(12)7-10-8-5-3-4-6-9(8)11/h3-7H,2H2,1H3. The fourth-order valence-electron chi connectivity index (χ4n) is 1.36. The predicted molar refractivity (Wildman–Crippen MR) is 50.3 cm³/mol. The third-order valence-corrected chi connectivity index (χ3v) is 2.14. The minimum Gasteiger partial charge on any atom is -0.621 e. The van der Waals surface area contributed by atoms with Crippen LogP contribution in [0.5, 0.6) is 0 Å². The van der Waals surface area contributed by atoms with Gasteiger partial charge in [0.05, 0.1) is 6.54 Å². The second kappa shape index (κ2) is 2.40. The Morgan fingerprint density at radius 3 is 2.92 bits per heavy atom. The molecule has 1 aliphatic heterocycles. The number of quaternary nitrogens is 1. The average molecular weight is 162 g/mol. The topological polar surface area (TPSA) is 35.4 Å². The molecule has 62 valence electrons. The summed E-state index contributed by atoms with van der Waals surface area (Å²) in [6.07, 6.45) is 1.45. The molecule has 0 saturated carbocycles. The molecule has 0 N–H and O–H groups in total. The lowest BCUT2D eigenvalue weighted by Gasteiger charge is -2.32. The minimum absolute atomic E-state index is 0.420. The normalized spacial score (nSPS) is 25.8. The van der Waals surface area contributed by atoms with Crippen LogP contribution in [0.3, 0.4) is 0 Å². The smallest absolute Gasteiger partial charge is 0.195 e. The number of nitrogens with zero attached hydrogens (tertiary/aromatic N) is 2. The van der Waals surface area contributed by atoms with E-state index in [0.717, 1.165) is 11.4 Å². The van der Waals surface area contributed by atoms with Crippen molar-refractivity contribution in [3.8, 4) is 0 Å². The molecule has 1 aromatic carbocycles. The van der Waals surface area contributed by atoms with Gasteiger partial charge in [0.15, 0.2) is 12.0 Å². The summed E-state index contributed by atoms with van der Waals surface area (Å²) in [6, 6.07) is 7.45. The van der Waals surface area contributed by atoms with Crippen molar-refractivity contribution in [2.24, 2.45) is 4.99 Å². The Hall–Kier alpha value is -1.19. The van der Waals surface area contributed by atoms with E-state index in [-0.39, 0.29) is 0 Å². The van der Waals surface area contributed by atoms with Crippen molar-refractivity contribution in [3.05, 3.63) is 29.5 Å². The van der Waals surface area contributed by atoms with Gasteiger partial charge in [-0.1, -0.05) is 12.1 Å². The summed E-state index contributed by atoms with van der Waals surface area (Å²) in [5, 5.41) is 11.9. The van der Waals surface area contributed by atoms with Gasteiger partial charge in [-0.25, -0.2) is 0 Å². The number of hydrogen-bond donors (Lipinski definition) is 0. The minimum atomic E-state index is -0.420. The quantitative estimate of drug-likeness (QED) is 0.460. The van der Waals surface area contributed by atoms with E-state index in [0.29, 0.717) is 6.54 Å². The van der Waals surface area contributed by atoms with Gasteiger partial charge in [0.25, 0.3) is 0 Å². The fraction of sp³-hybridized carbons (Fsp3) is 0.222. The van der Waals surface area contributed by atoms with Crippen molar-refractivity contribution in [2.45, 2.75) is 6.92 Å². The zero-order valence-corrected chi connectivity index (χ0v) is 6.90. The van der Waals surface area contributed by atoms with Crippen molar-refractivity contribution in [1.29, 1.82) is 0 Å². The summed E-state index contributed by atoms with van der Waals surface area (Å²) in [6.45, 7) is 2.36. The number of hydrogen-bond acceptors (Lipinski definition) is 2. The lowest BCUT2D eigenvalue weighted by molar-refractivity contribution is 0.597. The number of rotatable bonds is 1. The second-order valence-corrected chi connectivity index (χ2v) is 2.85. The molecule has 0 spiro atoms. The van der Waals surface area contributed by atoms with Crippen LogP contribution in [0.15, 0.2) is 29.3 Å². The fourth-order valence-corrected chi connectivity index (χ4v) is 1.36. The molecule has 0 fully saturated rings. The van der Waals surface area contributed by atoms with Gasteiger partial charge in [-0.15, -0.1) is 0 Å². The van der Waals surface area contributed by atoms with E-state index in [9.17, 15) is 5.21 Å². The molecule has 0 radical (unpaired) electrons. The third kappa shape index (κ3) is 0.873. The van der Waals surface area contributed by atoms with E-state index in [4.69, 9.17) is 0 Å². The van der Waals surface area contributed by atoms with Crippen molar-refractivity contribution in [1.82, 2.24) is 4.65 Å². The van der Waals surface area contributed by atoms with Crippen LogP contribution in [0.25, 0.3) is 0 Å². The van der Waals surface area contributed by atoms with Gasteiger partial charge >= 0.3 is 0 Å². The van der Waals surface area contributed by atoms with Crippen molar-refractivity contribution < 1.29 is 0 Å². The summed E-state index contributed by atoms with van der Waals surface area (Å²) >= 11 is 0. The van der Waals surface area contributed by atoms with Crippen LogP contribution in [-0.4, -0.2) is 12.9 Å². The van der Waals surface area contributed by atoms with Gasteiger partial charge in [-0.05, 0) is 13.0 Å². The summed E-state index contributed by atoms with van der Waals surface area (Å²) in [7, 11) is 0. The molecule has 0 aromatic heterocycles. The summed E-state index contributed by atoms with van der Waals surface area (Å²) in [5.74, 6) is 0. The van der Waals surface area contributed by atoms with E-state index in [2.05, 4.69) is 4.99 Å². The summed E-state index contributed by atoms with van der Waals surface area (Å²) in [4.78, 5) is 4.06. The van der Waals surface area contributed by atoms with Crippen molar-refractivity contribution in [2.75, 3.05) is 6.54 Å². The summed E-state index contributed by atoms with van der Waals surface area (Å²) in [5.41, 5.74) is 1.55. The number of para-hydroxylation sites is 2. The van der Waals surface area contributed by atoms with Crippen molar-refractivity contribution in [3.63, 3.8) is 0 Å². The lowest BCUT2D eigenvalue weighted by atomic mass is 10.2. The Labute approximate surface area is 71.1 Å². The number of hydroxylamine groups is 2. The van der Waals surface area contributed by atoms with Crippen LogP contribution in [-0.2, 0) is 0 Å². The van der Waals surface area contributed by atoms with Crippen LogP contribution >= 0.6 is 0 Å². The molecule has 0 bridgehead atoms. The first-order chi connectivity index (χ1) is 5.76. The number of benzene rings is 1. The molecule has 1 aliphatic rings. The molecule has 0 saturated heterocycles. The molecule has 2 rings (SSSR count). The van der Waals surface area contributed by atoms with Crippen LogP contribution in [0, 0.1) is 5.21 Å². The Morgan fingerprint density at radius 2 is 2.17 bits per heavy atom. The Bertz CT molecular complexity index is 335. The molecule has 1 unspecified atom stereocenters. The Kier molecular flexibility index (Phi) is 1.49. The molecular formula is C9H10N2O. The van der Waals surface area contributed by atoms with Gasteiger partial charge in [0.1, 0.15) is 5.69 Å². The summed E-state index contributed by atoms with van der Waals surface area (Å²) < 4.78 is -0.420. The van der Waals surface area contributed by atoms with E-state index in [1.54, 1.807) is 0 Å².